The van der Waals surface area contributed by atoms with E-state index in [-0.39, 0.29) is 47.8 Å². The standard InChI is InChI=1S/C48H66N2O5.C5H12.C2H6/c1-34-19-17-18-22-40(34)50-28-27-49-41(50)37-23-25-38(26-24-37)54-29-30-55-42(51)47(11,35(2)31-48(12,43(52)53-13)45(6,7)8)33-46(9,10)32-39(44(3,4)5)36-20-15-14-16-21-36;1-4-5(2)3;1-2/h14-28,35,39H,29-33H2,1-13H3;5H,4H2,1-3H3;1-2H3. The van der Waals surface area contributed by atoms with E-state index >= 15 is 0 Å². The average Bonchev–Trinajstić information content (AvgIpc) is 3.71. The van der Waals surface area contributed by atoms with E-state index < -0.39 is 16.2 Å². The number of nitrogens with zero attached hydrogens (tertiary/aromatic N) is 2. The van der Waals surface area contributed by atoms with Crippen molar-refractivity contribution in [3.05, 3.63) is 102 Å². The third kappa shape index (κ3) is 14.6. The molecule has 7 heteroatoms. The summed E-state index contributed by atoms with van der Waals surface area (Å²) in [6.45, 7) is 36.7. The number of ether oxygens (including phenoxy) is 3. The smallest absolute Gasteiger partial charge is 0.312 e. The molecule has 4 aromatic rings. The van der Waals surface area contributed by atoms with Gasteiger partial charge in [-0.2, -0.15) is 0 Å². The molecular weight excluding hydrogens is 769 g/mol. The van der Waals surface area contributed by atoms with Gasteiger partial charge in [-0.05, 0) is 115 Å². The lowest BCUT2D eigenvalue weighted by molar-refractivity contribution is -0.169. The van der Waals surface area contributed by atoms with Crippen molar-refractivity contribution in [2.75, 3.05) is 20.3 Å². The molecule has 0 spiro atoms. The van der Waals surface area contributed by atoms with Gasteiger partial charge in [-0.15, -0.1) is 0 Å². The summed E-state index contributed by atoms with van der Waals surface area (Å²) in [5.41, 5.74) is 2.16. The summed E-state index contributed by atoms with van der Waals surface area (Å²) in [4.78, 5) is 32.5. The lowest BCUT2D eigenvalue weighted by Gasteiger charge is -2.47. The van der Waals surface area contributed by atoms with Gasteiger partial charge in [0.15, 0.2) is 0 Å². The van der Waals surface area contributed by atoms with E-state index in [2.05, 4.69) is 142 Å². The van der Waals surface area contributed by atoms with Crippen molar-refractivity contribution in [2.24, 2.45) is 38.9 Å². The van der Waals surface area contributed by atoms with Crippen LogP contribution < -0.4 is 4.74 Å². The number of para-hydroxylation sites is 1. The van der Waals surface area contributed by atoms with Gasteiger partial charge in [-0.3, -0.25) is 14.2 Å². The highest BCUT2D eigenvalue weighted by Gasteiger charge is 2.52. The van der Waals surface area contributed by atoms with Gasteiger partial charge in [0, 0.05) is 23.6 Å². The van der Waals surface area contributed by atoms with Gasteiger partial charge in [0.2, 0.25) is 0 Å². The van der Waals surface area contributed by atoms with E-state index in [1.54, 1.807) is 0 Å². The zero-order chi connectivity index (χ0) is 47.1. The highest BCUT2D eigenvalue weighted by molar-refractivity contribution is 5.79. The van der Waals surface area contributed by atoms with Gasteiger partial charge in [0.1, 0.15) is 24.8 Å². The molecule has 4 unspecified atom stereocenters. The Morgan fingerprint density at radius 1 is 0.742 bits per heavy atom. The number of benzene rings is 3. The first kappa shape index (κ1) is 53.7. The van der Waals surface area contributed by atoms with E-state index in [9.17, 15) is 9.59 Å². The lowest BCUT2D eigenvalue weighted by atomic mass is 9.57. The summed E-state index contributed by atoms with van der Waals surface area (Å²) in [5, 5.41) is 0. The molecule has 0 radical (unpaired) electrons. The van der Waals surface area contributed by atoms with Crippen molar-refractivity contribution in [1.29, 1.82) is 0 Å². The molecule has 4 rings (SSSR count). The Morgan fingerprint density at radius 3 is 1.82 bits per heavy atom. The quantitative estimate of drug-likeness (QED) is 0.0777. The number of imidazole rings is 1. The monoisotopic (exact) mass is 853 g/mol. The Morgan fingerprint density at radius 2 is 1.31 bits per heavy atom. The molecule has 0 saturated carbocycles. The predicted molar refractivity (Wildman–Crippen MR) is 260 cm³/mol. The third-order valence-electron chi connectivity index (χ3n) is 12.9. The molecule has 0 N–H and O–H groups in total. The number of aryl methyl sites for hydroxylation is 1. The van der Waals surface area contributed by atoms with Crippen molar-refractivity contribution < 1.29 is 23.8 Å². The molecule has 3 aromatic carbocycles. The molecule has 0 aliphatic rings. The average molecular weight is 853 g/mol. The van der Waals surface area contributed by atoms with E-state index in [4.69, 9.17) is 14.2 Å². The van der Waals surface area contributed by atoms with Crippen molar-refractivity contribution in [3.8, 4) is 22.8 Å². The minimum atomic E-state index is -0.899. The zero-order valence-corrected chi connectivity index (χ0v) is 42.1. The number of aromatic nitrogens is 2. The molecule has 62 heavy (non-hydrogen) atoms. The Bertz CT molecular complexity index is 1930. The van der Waals surface area contributed by atoms with Crippen LogP contribution in [0.3, 0.4) is 0 Å². The maximum Gasteiger partial charge on any atom is 0.312 e. The number of esters is 2. The van der Waals surface area contributed by atoms with Gasteiger partial charge in [0.05, 0.1) is 17.9 Å². The van der Waals surface area contributed by atoms with Crippen molar-refractivity contribution in [2.45, 2.75) is 149 Å². The molecule has 0 aliphatic heterocycles. The van der Waals surface area contributed by atoms with Crippen LogP contribution in [0.5, 0.6) is 5.75 Å². The minimum absolute atomic E-state index is 0.00808. The van der Waals surface area contributed by atoms with Gasteiger partial charge >= 0.3 is 11.9 Å². The van der Waals surface area contributed by atoms with E-state index in [0.717, 1.165) is 29.4 Å². The molecule has 4 atom stereocenters. The molecule has 7 nitrogen and oxygen atoms in total. The fourth-order valence-electron chi connectivity index (χ4n) is 8.14. The summed E-state index contributed by atoms with van der Waals surface area (Å²) in [7, 11) is 1.44. The van der Waals surface area contributed by atoms with E-state index in [1.165, 1.54) is 24.7 Å². The van der Waals surface area contributed by atoms with Crippen LogP contribution in [0.2, 0.25) is 0 Å². The van der Waals surface area contributed by atoms with Crippen LogP contribution in [-0.2, 0) is 19.1 Å². The molecule has 1 heterocycles. The first-order valence-corrected chi connectivity index (χ1v) is 23.0. The normalized spacial score (nSPS) is 14.8. The van der Waals surface area contributed by atoms with Crippen LogP contribution in [0.25, 0.3) is 17.1 Å². The first-order valence-electron chi connectivity index (χ1n) is 23.0. The fraction of sp³-hybridized carbons (Fsp3) is 0.582. The SMILES string of the molecule is CC.CCC(C)C.COC(=O)C(C)(CC(C)C(C)(CC(C)(C)CC(c1ccccc1)C(C)(C)C)C(=O)OCCOc1ccc(-c2nccn2-c2ccccc2C)cc1)C(C)(C)C. The molecule has 0 saturated heterocycles. The second-order valence-corrected chi connectivity index (χ2v) is 20.7. The fourth-order valence-corrected chi connectivity index (χ4v) is 8.14. The second kappa shape index (κ2) is 23.3. The summed E-state index contributed by atoms with van der Waals surface area (Å²) in [6.07, 6.45) is 7.02. The Kier molecular flexibility index (Phi) is 20.2. The second-order valence-electron chi connectivity index (χ2n) is 20.7. The highest BCUT2D eigenvalue weighted by Crippen LogP contribution is 2.53. The summed E-state index contributed by atoms with van der Waals surface area (Å²) in [5.74, 6) is 1.94. The van der Waals surface area contributed by atoms with E-state index in [1.807, 2.05) is 76.5 Å². The van der Waals surface area contributed by atoms with Crippen molar-refractivity contribution in [1.82, 2.24) is 9.55 Å². The molecule has 0 bridgehead atoms. The van der Waals surface area contributed by atoms with Crippen LogP contribution in [0, 0.1) is 45.8 Å². The topological polar surface area (TPSA) is 79.7 Å². The molecule has 0 amide bonds. The van der Waals surface area contributed by atoms with Gasteiger partial charge in [-0.1, -0.05) is 152 Å². The van der Waals surface area contributed by atoms with Gasteiger partial charge < -0.3 is 14.2 Å². The third-order valence-corrected chi connectivity index (χ3v) is 12.9. The lowest BCUT2D eigenvalue weighted by Crippen LogP contribution is -2.47. The Balaban J connectivity index is 0.00000176. The predicted octanol–water partition coefficient (Wildman–Crippen LogP) is 14.7. The zero-order valence-electron chi connectivity index (χ0n) is 42.1. The maximum absolute atomic E-state index is 14.5. The number of hydrogen-bond donors (Lipinski definition) is 0. The number of hydrogen-bond acceptors (Lipinski definition) is 6. The van der Waals surface area contributed by atoms with Crippen LogP contribution >= 0.6 is 0 Å². The number of carbonyl (C=O) groups excluding carboxylic acids is 2. The molecule has 0 aliphatic carbocycles. The Hall–Kier alpha value is -4.39. The first-order chi connectivity index (χ1) is 28.9. The van der Waals surface area contributed by atoms with E-state index in [0.29, 0.717) is 18.6 Å². The Labute approximate surface area is 377 Å². The molecular formula is C55H84N2O5. The molecule has 1 aromatic heterocycles. The summed E-state index contributed by atoms with van der Waals surface area (Å²) >= 11 is 0. The number of methoxy groups -OCH3 is 1. The van der Waals surface area contributed by atoms with Crippen LogP contribution in [0.4, 0.5) is 0 Å². The largest absolute Gasteiger partial charge is 0.490 e. The minimum Gasteiger partial charge on any atom is -0.490 e. The molecule has 344 valence electrons. The van der Waals surface area contributed by atoms with Gasteiger partial charge in [0.25, 0.3) is 0 Å². The molecule has 0 fully saturated rings. The number of rotatable bonds is 17. The highest BCUT2D eigenvalue weighted by atomic mass is 16.6. The summed E-state index contributed by atoms with van der Waals surface area (Å²) < 4.78 is 19.6. The van der Waals surface area contributed by atoms with Crippen LogP contribution in [0.15, 0.2) is 91.3 Å². The van der Waals surface area contributed by atoms with Crippen LogP contribution in [0.1, 0.15) is 154 Å². The van der Waals surface area contributed by atoms with Crippen molar-refractivity contribution in [3.63, 3.8) is 0 Å². The number of carbonyl (C=O) groups is 2. The van der Waals surface area contributed by atoms with Crippen molar-refractivity contribution >= 4 is 11.9 Å². The van der Waals surface area contributed by atoms with Crippen LogP contribution in [-0.4, -0.2) is 41.8 Å². The summed E-state index contributed by atoms with van der Waals surface area (Å²) in [6, 6.07) is 26.7. The van der Waals surface area contributed by atoms with Gasteiger partial charge in [-0.25, -0.2) is 4.98 Å². The maximum atomic E-state index is 14.5.